The van der Waals surface area contributed by atoms with Gasteiger partial charge in [-0.25, -0.2) is 0 Å². The summed E-state index contributed by atoms with van der Waals surface area (Å²) >= 11 is 0. The molecular formula is C13H14O2. The zero-order chi connectivity index (χ0) is 10.5. The lowest BCUT2D eigenvalue weighted by atomic mass is 9.92. The monoisotopic (exact) mass is 202 g/mol. The van der Waals surface area contributed by atoms with E-state index in [9.17, 15) is 4.79 Å². The lowest BCUT2D eigenvalue weighted by Crippen LogP contribution is -2.15. The zero-order valence-corrected chi connectivity index (χ0v) is 8.56. The standard InChI is InChI=1S/C13H14O2/c14-10-15-13-8-4-7-12(9-13)11-5-2-1-3-6-11/h1-3,5-7,10,13H,4,8-9H2. The first-order valence-electron chi connectivity index (χ1n) is 5.23. The van der Waals surface area contributed by atoms with Crippen molar-refractivity contribution in [3.8, 4) is 0 Å². The van der Waals surface area contributed by atoms with Crippen molar-refractivity contribution in [3.63, 3.8) is 0 Å². The minimum absolute atomic E-state index is 0.0581. The summed E-state index contributed by atoms with van der Waals surface area (Å²) in [7, 11) is 0. The average Bonchev–Trinajstić information content (AvgIpc) is 2.31. The Kier molecular flexibility index (Phi) is 3.18. The fourth-order valence-electron chi connectivity index (χ4n) is 1.96. The molecule has 78 valence electrons. The summed E-state index contributed by atoms with van der Waals surface area (Å²) < 4.78 is 5.01. The lowest BCUT2D eigenvalue weighted by Gasteiger charge is -2.21. The van der Waals surface area contributed by atoms with Crippen LogP contribution >= 0.6 is 0 Å². The van der Waals surface area contributed by atoms with E-state index in [4.69, 9.17) is 4.74 Å². The van der Waals surface area contributed by atoms with E-state index in [0.29, 0.717) is 6.47 Å². The molecule has 1 aliphatic rings. The molecule has 2 heteroatoms. The van der Waals surface area contributed by atoms with Crippen molar-refractivity contribution in [3.05, 3.63) is 42.0 Å². The summed E-state index contributed by atoms with van der Waals surface area (Å²) in [5.74, 6) is 0. The first-order valence-corrected chi connectivity index (χ1v) is 5.23. The third-order valence-corrected chi connectivity index (χ3v) is 2.72. The number of benzene rings is 1. The van der Waals surface area contributed by atoms with Gasteiger partial charge in [0.05, 0.1) is 0 Å². The molecule has 0 N–H and O–H groups in total. The van der Waals surface area contributed by atoms with Gasteiger partial charge in [0.1, 0.15) is 6.10 Å². The molecule has 0 amide bonds. The van der Waals surface area contributed by atoms with Gasteiger partial charge in [0, 0.05) is 6.42 Å². The minimum Gasteiger partial charge on any atom is -0.464 e. The number of hydrogen-bond donors (Lipinski definition) is 0. The maximum Gasteiger partial charge on any atom is 0.293 e. The number of rotatable bonds is 3. The Bertz CT molecular complexity index is 354. The Morgan fingerprint density at radius 2 is 2.07 bits per heavy atom. The van der Waals surface area contributed by atoms with Gasteiger partial charge in [0.2, 0.25) is 0 Å². The Morgan fingerprint density at radius 1 is 1.27 bits per heavy atom. The third-order valence-electron chi connectivity index (χ3n) is 2.72. The molecule has 1 aromatic rings. The highest BCUT2D eigenvalue weighted by molar-refractivity contribution is 5.66. The maximum absolute atomic E-state index is 10.3. The predicted octanol–water partition coefficient (Wildman–Crippen LogP) is 2.80. The second kappa shape index (κ2) is 4.78. The van der Waals surface area contributed by atoms with Crippen LogP contribution in [0.15, 0.2) is 36.4 Å². The molecule has 1 aromatic carbocycles. The highest BCUT2D eigenvalue weighted by atomic mass is 16.5. The van der Waals surface area contributed by atoms with E-state index in [1.165, 1.54) is 11.1 Å². The quantitative estimate of drug-likeness (QED) is 0.704. The van der Waals surface area contributed by atoms with Crippen molar-refractivity contribution >= 4 is 12.0 Å². The van der Waals surface area contributed by atoms with Gasteiger partial charge in [-0.05, 0) is 24.0 Å². The maximum atomic E-state index is 10.3. The molecule has 0 aliphatic heterocycles. The molecule has 0 heterocycles. The summed E-state index contributed by atoms with van der Waals surface area (Å²) in [5, 5.41) is 0. The first-order chi connectivity index (χ1) is 7.40. The topological polar surface area (TPSA) is 26.3 Å². The number of carbonyl (C=O) groups excluding carboxylic acids is 1. The second-order valence-corrected chi connectivity index (χ2v) is 3.73. The number of ether oxygens (including phenoxy) is 1. The molecular weight excluding hydrogens is 188 g/mol. The molecule has 1 aliphatic carbocycles. The van der Waals surface area contributed by atoms with Crippen LogP contribution in [-0.4, -0.2) is 12.6 Å². The Hall–Kier alpha value is -1.57. The van der Waals surface area contributed by atoms with E-state index in [0.717, 1.165) is 19.3 Å². The fourth-order valence-corrected chi connectivity index (χ4v) is 1.96. The Labute approximate surface area is 89.6 Å². The second-order valence-electron chi connectivity index (χ2n) is 3.73. The van der Waals surface area contributed by atoms with Crippen LogP contribution in [0.2, 0.25) is 0 Å². The van der Waals surface area contributed by atoms with Gasteiger partial charge in [-0.2, -0.15) is 0 Å². The fraction of sp³-hybridized carbons (Fsp3) is 0.308. The molecule has 0 bridgehead atoms. The number of hydrogen-bond acceptors (Lipinski definition) is 2. The van der Waals surface area contributed by atoms with Crippen molar-refractivity contribution in [2.24, 2.45) is 0 Å². The SMILES string of the molecule is O=COC1CCC=C(c2ccccc2)C1. The summed E-state index contributed by atoms with van der Waals surface area (Å²) in [4.78, 5) is 10.3. The van der Waals surface area contributed by atoms with E-state index in [2.05, 4.69) is 18.2 Å². The van der Waals surface area contributed by atoms with Gasteiger partial charge in [0.15, 0.2) is 0 Å². The molecule has 0 fully saturated rings. The van der Waals surface area contributed by atoms with Gasteiger partial charge in [-0.1, -0.05) is 36.4 Å². The summed E-state index contributed by atoms with van der Waals surface area (Å²) in [6.45, 7) is 0.554. The minimum atomic E-state index is 0.0581. The van der Waals surface area contributed by atoms with Crippen LogP contribution in [0.4, 0.5) is 0 Å². The summed E-state index contributed by atoms with van der Waals surface area (Å²) in [6.07, 6.45) is 5.06. The summed E-state index contributed by atoms with van der Waals surface area (Å²) in [6, 6.07) is 10.2. The van der Waals surface area contributed by atoms with Crippen molar-refractivity contribution in [1.29, 1.82) is 0 Å². The number of allylic oxidation sites excluding steroid dienone is 1. The molecule has 0 spiro atoms. The van der Waals surface area contributed by atoms with Crippen LogP contribution < -0.4 is 0 Å². The van der Waals surface area contributed by atoms with Crippen molar-refractivity contribution in [1.82, 2.24) is 0 Å². The molecule has 2 rings (SSSR count). The third kappa shape index (κ3) is 2.46. The van der Waals surface area contributed by atoms with Crippen molar-refractivity contribution in [2.45, 2.75) is 25.4 Å². The van der Waals surface area contributed by atoms with Crippen LogP contribution in [0, 0.1) is 0 Å². The molecule has 2 nitrogen and oxygen atoms in total. The van der Waals surface area contributed by atoms with E-state index in [-0.39, 0.29) is 6.10 Å². The van der Waals surface area contributed by atoms with E-state index >= 15 is 0 Å². The first kappa shape index (κ1) is 9.97. The van der Waals surface area contributed by atoms with Gasteiger partial charge in [0.25, 0.3) is 6.47 Å². The smallest absolute Gasteiger partial charge is 0.293 e. The van der Waals surface area contributed by atoms with E-state index in [1.807, 2.05) is 18.2 Å². The highest BCUT2D eigenvalue weighted by Gasteiger charge is 2.16. The van der Waals surface area contributed by atoms with Crippen molar-refractivity contribution < 1.29 is 9.53 Å². The lowest BCUT2D eigenvalue weighted by molar-refractivity contribution is -0.133. The zero-order valence-electron chi connectivity index (χ0n) is 8.56. The largest absolute Gasteiger partial charge is 0.464 e. The van der Waals surface area contributed by atoms with Gasteiger partial charge < -0.3 is 4.74 Å². The molecule has 0 radical (unpaired) electrons. The van der Waals surface area contributed by atoms with Gasteiger partial charge in [-0.15, -0.1) is 0 Å². The van der Waals surface area contributed by atoms with Crippen LogP contribution in [0.25, 0.3) is 5.57 Å². The van der Waals surface area contributed by atoms with E-state index < -0.39 is 0 Å². The molecule has 1 atom stereocenters. The van der Waals surface area contributed by atoms with Crippen LogP contribution in [0.3, 0.4) is 0 Å². The van der Waals surface area contributed by atoms with Gasteiger partial charge in [-0.3, -0.25) is 4.79 Å². The van der Waals surface area contributed by atoms with Crippen LogP contribution in [0.1, 0.15) is 24.8 Å². The molecule has 0 saturated heterocycles. The molecule has 0 aromatic heterocycles. The van der Waals surface area contributed by atoms with Crippen molar-refractivity contribution in [2.75, 3.05) is 0 Å². The number of carbonyl (C=O) groups is 1. The Morgan fingerprint density at radius 3 is 2.80 bits per heavy atom. The van der Waals surface area contributed by atoms with Crippen LogP contribution in [0.5, 0.6) is 0 Å². The molecule has 1 unspecified atom stereocenters. The summed E-state index contributed by atoms with van der Waals surface area (Å²) in [5.41, 5.74) is 2.52. The molecule has 0 saturated carbocycles. The average molecular weight is 202 g/mol. The predicted molar refractivity (Wildman–Crippen MR) is 59.2 cm³/mol. The van der Waals surface area contributed by atoms with E-state index in [1.54, 1.807) is 0 Å². The normalized spacial score (nSPS) is 20.5. The Balaban J connectivity index is 2.10. The van der Waals surface area contributed by atoms with Gasteiger partial charge >= 0.3 is 0 Å². The highest BCUT2D eigenvalue weighted by Crippen LogP contribution is 2.28. The van der Waals surface area contributed by atoms with Crippen LogP contribution in [-0.2, 0) is 9.53 Å². The molecule has 15 heavy (non-hydrogen) atoms.